The molecule has 3 aromatic carbocycles. The summed E-state index contributed by atoms with van der Waals surface area (Å²) in [5.74, 6) is 0.562. The van der Waals surface area contributed by atoms with E-state index in [1.54, 1.807) is 24.3 Å². The van der Waals surface area contributed by atoms with E-state index in [1.165, 1.54) is 6.21 Å². The predicted molar refractivity (Wildman–Crippen MR) is 138 cm³/mol. The summed E-state index contributed by atoms with van der Waals surface area (Å²) in [6, 6.07) is 20.5. The highest BCUT2D eigenvalue weighted by Crippen LogP contribution is 2.29. The number of halogens is 1. The molecule has 0 fully saturated rings. The lowest BCUT2D eigenvalue weighted by Gasteiger charge is -2.12. The highest BCUT2D eigenvalue weighted by Gasteiger charge is 2.09. The molecule has 7 nitrogen and oxygen atoms in total. The predicted octanol–water partition coefficient (Wildman–Crippen LogP) is 5.50. The SMILES string of the molecule is CCOc1cc(C=NNC(=O)CCC(=O)Nc2ccc(C)c(Cl)c2)ccc1OCc1ccccc1. The van der Waals surface area contributed by atoms with Gasteiger partial charge in [0, 0.05) is 23.6 Å². The van der Waals surface area contributed by atoms with Crippen molar-refractivity contribution in [3.8, 4) is 11.5 Å². The number of hydrogen-bond acceptors (Lipinski definition) is 5. The fourth-order valence-electron chi connectivity index (χ4n) is 3.08. The summed E-state index contributed by atoms with van der Waals surface area (Å²) >= 11 is 6.06. The van der Waals surface area contributed by atoms with Gasteiger partial charge < -0.3 is 14.8 Å². The minimum Gasteiger partial charge on any atom is -0.490 e. The van der Waals surface area contributed by atoms with Crippen LogP contribution in [0.15, 0.2) is 71.8 Å². The standard InChI is InChI=1S/C27H28ClN3O4/c1-3-34-25-15-21(10-12-24(25)35-18-20-7-5-4-6-8-20)17-29-31-27(33)14-13-26(32)30-22-11-9-19(2)23(28)16-22/h4-12,15-17H,3,13-14,18H2,1-2H3,(H,30,32)(H,31,33). The molecule has 0 spiro atoms. The van der Waals surface area contributed by atoms with E-state index in [9.17, 15) is 9.59 Å². The van der Waals surface area contributed by atoms with Crippen molar-refractivity contribution in [2.75, 3.05) is 11.9 Å². The number of ether oxygens (including phenoxy) is 2. The van der Waals surface area contributed by atoms with E-state index in [0.717, 1.165) is 16.7 Å². The second kappa shape index (κ2) is 13.2. The molecule has 0 aliphatic heterocycles. The van der Waals surface area contributed by atoms with Gasteiger partial charge in [0.05, 0.1) is 12.8 Å². The van der Waals surface area contributed by atoms with Crippen molar-refractivity contribution in [1.29, 1.82) is 0 Å². The van der Waals surface area contributed by atoms with E-state index < -0.39 is 0 Å². The van der Waals surface area contributed by atoms with Gasteiger partial charge in [0.1, 0.15) is 6.61 Å². The van der Waals surface area contributed by atoms with Gasteiger partial charge in [-0.1, -0.05) is 48.0 Å². The van der Waals surface area contributed by atoms with E-state index in [4.69, 9.17) is 21.1 Å². The highest BCUT2D eigenvalue weighted by molar-refractivity contribution is 6.31. The molecule has 0 aliphatic rings. The second-order valence-electron chi connectivity index (χ2n) is 7.72. The molecule has 0 bridgehead atoms. The van der Waals surface area contributed by atoms with E-state index >= 15 is 0 Å². The van der Waals surface area contributed by atoms with Gasteiger partial charge in [0.25, 0.3) is 0 Å². The number of amides is 2. The Bertz CT molecular complexity index is 1180. The number of carbonyl (C=O) groups excluding carboxylic acids is 2. The summed E-state index contributed by atoms with van der Waals surface area (Å²) in [7, 11) is 0. The number of aryl methyl sites for hydroxylation is 1. The smallest absolute Gasteiger partial charge is 0.240 e. The molecule has 2 amide bonds. The van der Waals surface area contributed by atoms with Crippen LogP contribution in [0.1, 0.15) is 36.5 Å². The average molecular weight is 494 g/mol. The third kappa shape index (κ3) is 8.46. The molecule has 182 valence electrons. The Morgan fingerprint density at radius 3 is 2.46 bits per heavy atom. The third-order valence-electron chi connectivity index (χ3n) is 4.94. The van der Waals surface area contributed by atoms with Crippen LogP contribution in [-0.2, 0) is 16.2 Å². The highest BCUT2D eigenvalue weighted by atomic mass is 35.5. The summed E-state index contributed by atoms with van der Waals surface area (Å²) in [6.45, 7) is 4.68. The fourth-order valence-corrected chi connectivity index (χ4v) is 3.26. The van der Waals surface area contributed by atoms with Gasteiger partial charge in [-0.15, -0.1) is 0 Å². The summed E-state index contributed by atoms with van der Waals surface area (Å²) in [5, 5.41) is 7.27. The lowest BCUT2D eigenvalue weighted by Crippen LogP contribution is -2.20. The first-order valence-electron chi connectivity index (χ1n) is 11.3. The van der Waals surface area contributed by atoms with Crippen LogP contribution in [0, 0.1) is 6.92 Å². The maximum Gasteiger partial charge on any atom is 0.240 e. The minimum absolute atomic E-state index is 0.000767. The van der Waals surface area contributed by atoms with Gasteiger partial charge in [-0.25, -0.2) is 5.43 Å². The lowest BCUT2D eigenvalue weighted by atomic mass is 10.2. The van der Waals surface area contributed by atoms with Crippen molar-refractivity contribution in [2.45, 2.75) is 33.3 Å². The van der Waals surface area contributed by atoms with Crippen LogP contribution in [0.3, 0.4) is 0 Å². The lowest BCUT2D eigenvalue weighted by molar-refractivity contribution is -0.124. The molecule has 3 rings (SSSR count). The molecule has 35 heavy (non-hydrogen) atoms. The van der Waals surface area contributed by atoms with Gasteiger partial charge in [-0.3, -0.25) is 9.59 Å². The van der Waals surface area contributed by atoms with Gasteiger partial charge in [-0.05, 0) is 60.9 Å². The first-order chi connectivity index (χ1) is 16.9. The van der Waals surface area contributed by atoms with Crippen molar-refractivity contribution < 1.29 is 19.1 Å². The normalized spacial score (nSPS) is 10.7. The molecule has 0 heterocycles. The molecular weight excluding hydrogens is 466 g/mol. The Labute approximate surface area is 210 Å². The molecule has 2 N–H and O–H groups in total. The summed E-state index contributed by atoms with van der Waals surface area (Å²) in [5.41, 5.74) is 5.73. The number of hydrazone groups is 1. The van der Waals surface area contributed by atoms with Crippen LogP contribution in [-0.4, -0.2) is 24.6 Å². The van der Waals surface area contributed by atoms with Crippen LogP contribution >= 0.6 is 11.6 Å². The van der Waals surface area contributed by atoms with E-state index in [1.807, 2.05) is 56.3 Å². The van der Waals surface area contributed by atoms with Crippen LogP contribution < -0.4 is 20.2 Å². The number of rotatable bonds is 11. The average Bonchev–Trinajstić information content (AvgIpc) is 2.85. The number of nitrogens with one attached hydrogen (secondary N) is 2. The number of carbonyl (C=O) groups is 2. The van der Waals surface area contributed by atoms with Crippen molar-refractivity contribution >= 4 is 35.3 Å². The summed E-state index contributed by atoms with van der Waals surface area (Å²) < 4.78 is 11.6. The monoisotopic (exact) mass is 493 g/mol. The Morgan fingerprint density at radius 2 is 1.71 bits per heavy atom. The van der Waals surface area contributed by atoms with E-state index in [2.05, 4.69) is 15.8 Å². The number of benzene rings is 3. The molecule has 3 aromatic rings. The van der Waals surface area contributed by atoms with Crippen LogP contribution in [0.25, 0.3) is 0 Å². The Balaban J connectivity index is 1.48. The zero-order valence-corrected chi connectivity index (χ0v) is 20.5. The minimum atomic E-state index is -0.369. The molecular formula is C27H28ClN3O4. The van der Waals surface area contributed by atoms with Gasteiger partial charge >= 0.3 is 0 Å². The number of hydrogen-bond donors (Lipinski definition) is 2. The van der Waals surface area contributed by atoms with E-state index in [0.29, 0.717) is 35.4 Å². The zero-order chi connectivity index (χ0) is 25.0. The van der Waals surface area contributed by atoms with Crippen molar-refractivity contribution in [3.05, 3.63) is 88.4 Å². The molecule has 0 saturated carbocycles. The Hall–Kier alpha value is -3.84. The van der Waals surface area contributed by atoms with Crippen molar-refractivity contribution in [1.82, 2.24) is 5.43 Å². The fraction of sp³-hybridized carbons (Fsp3) is 0.222. The topological polar surface area (TPSA) is 89.0 Å². The molecule has 8 heteroatoms. The van der Waals surface area contributed by atoms with E-state index in [-0.39, 0.29) is 24.7 Å². The maximum absolute atomic E-state index is 12.1. The second-order valence-corrected chi connectivity index (χ2v) is 8.13. The van der Waals surface area contributed by atoms with Crippen LogP contribution in [0.2, 0.25) is 5.02 Å². The molecule has 0 radical (unpaired) electrons. The number of nitrogens with zero attached hydrogens (tertiary/aromatic N) is 1. The number of anilines is 1. The molecule has 0 atom stereocenters. The van der Waals surface area contributed by atoms with Gasteiger partial charge in [0.2, 0.25) is 11.8 Å². The first kappa shape index (κ1) is 25.8. The summed E-state index contributed by atoms with van der Waals surface area (Å²) in [6.07, 6.45) is 1.53. The van der Waals surface area contributed by atoms with Crippen LogP contribution in [0.4, 0.5) is 5.69 Å². The maximum atomic E-state index is 12.1. The van der Waals surface area contributed by atoms with Crippen molar-refractivity contribution in [3.63, 3.8) is 0 Å². The first-order valence-corrected chi connectivity index (χ1v) is 11.6. The Morgan fingerprint density at radius 1 is 0.943 bits per heavy atom. The zero-order valence-electron chi connectivity index (χ0n) is 19.7. The quantitative estimate of drug-likeness (QED) is 0.273. The molecule has 0 unspecified atom stereocenters. The van der Waals surface area contributed by atoms with Gasteiger partial charge in [-0.2, -0.15) is 5.10 Å². The molecule has 0 saturated heterocycles. The van der Waals surface area contributed by atoms with Gasteiger partial charge in [0.15, 0.2) is 11.5 Å². The van der Waals surface area contributed by atoms with Crippen molar-refractivity contribution in [2.24, 2.45) is 5.10 Å². The van der Waals surface area contributed by atoms with Crippen LogP contribution in [0.5, 0.6) is 11.5 Å². The Kier molecular flexibility index (Phi) is 9.69. The largest absolute Gasteiger partial charge is 0.490 e. The molecule has 0 aromatic heterocycles. The third-order valence-corrected chi connectivity index (χ3v) is 5.35. The molecule has 0 aliphatic carbocycles. The summed E-state index contributed by atoms with van der Waals surface area (Å²) in [4.78, 5) is 24.1.